The highest BCUT2D eigenvalue weighted by atomic mass is 16.6. The van der Waals surface area contributed by atoms with Crippen molar-refractivity contribution in [2.24, 2.45) is 11.8 Å². The van der Waals surface area contributed by atoms with Gasteiger partial charge in [-0.1, -0.05) is 40.5 Å². The van der Waals surface area contributed by atoms with Crippen LogP contribution in [0.1, 0.15) is 108 Å². The van der Waals surface area contributed by atoms with Crippen molar-refractivity contribution in [2.75, 3.05) is 13.1 Å². The van der Waals surface area contributed by atoms with E-state index in [1.54, 1.807) is 0 Å². The van der Waals surface area contributed by atoms with E-state index < -0.39 is 23.4 Å². The van der Waals surface area contributed by atoms with Gasteiger partial charge in [-0.05, 0) is 79.1 Å². The summed E-state index contributed by atoms with van der Waals surface area (Å²) < 4.78 is 10.7. The molecule has 0 radical (unpaired) electrons. The van der Waals surface area contributed by atoms with Crippen LogP contribution in [0.15, 0.2) is 0 Å². The fourth-order valence-electron chi connectivity index (χ4n) is 4.05. The number of amides is 4. The summed E-state index contributed by atoms with van der Waals surface area (Å²) in [5, 5.41) is 12.0. The fourth-order valence-corrected chi connectivity index (χ4v) is 4.05. The maximum absolute atomic E-state index is 13.1. The highest BCUT2D eigenvalue weighted by Gasteiger charge is 2.27. The van der Waals surface area contributed by atoms with Crippen molar-refractivity contribution in [2.45, 2.75) is 131 Å². The van der Waals surface area contributed by atoms with Crippen LogP contribution in [-0.4, -0.2) is 54.6 Å². The van der Waals surface area contributed by atoms with Gasteiger partial charge in [-0.3, -0.25) is 0 Å². The topological polar surface area (TPSA) is 118 Å². The molecule has 9 heteroatoms. The van der Waals surface area contributed by atoms with Crippen LogP contribution in [-0.2, 0) is 9.47 Å². The Morgan fingerprint density at radius 1 is 0.639 bits per heavy atom. The summed E-state index contributed by atoms with van der Waals surface area (Å²) in [5.74, 6) is 0.146. The molecule has 4 amide bonds. The Bertz CT molecular complexity index is 604. The van der Waals surface area contributed by atoms with Crippen molar-refractivity contribution in [3.63, 3.8) is 0 Å². The van der Waals surface area contributed by atoms with Gasteiger partial charge >= 0.3 is 18.2 Å². The van der Waals surface area contributed by atoms with Crippen LogP contribution in [0.25, 0.3) is 0 Å². The molecule has 0 aliphatic heterocycles. The number of alkyl carbamates (subject to hydrolysis) is 2. The first kappa shape index (κ1) is 33.8. The van der Waals surface area contributed by atoms with Crippen molar-refractivity contribution >= 4 is 18.2 Å². The molecule has 0 fully saturated rings. The Kier molecular flexibility index (Phi) is 15.5. The molecule has 0 aromatic rings. The fraction of sp³-hybridized carbons (Fsp3) is 0.889. The molecule has 0 aliphatic rings. The first-order valence-electron chi connectivity index (χ1n) is 13.7. The summed E-state index contributed by atoms with van der Waals surface area (Å²) in [6.45, 7) is 20.1. The van der Waals surface area contributed by atoms with Crippen molar-refractivity contribution in [1.82, 2.24) is 21.3 Å². The van der Waals surface area contributed by atoms with Crippen LogP contribution in [0.4, 0.5) is 14.4 Å². The number of ether oxygens (including phenoxy) is 2. The van der Waals surface area contributed by atoms with Crippen LogP contribution < -0.4 is 21.3 Å². The molecular weight excluding hydrogens is 460 g/mol. The lowest BCUT2D eigenvalue weighted by Crippen LogP contribution is -2.53. The molecule has 0 bridgehead atoms. The smallest absolute Gasteiger partial charge is 0.407 e. The van der Waals surface area contributed by atoms with E-state index in [1.807, 2.05) is 41.5 Å². The highest BCUT2D eigenvalue weighted by Crippen LogP contribution is 2.17. The third kappa shape index (κ3) is 15.7. The third-order valence-corrected chi connectivity index (χ3v) is 5.83. The molecule has 0 heterocycles. The number of urea groups is 1. The van der Waals surface area contributed by atoms with Gasteiger partial charge in [-0.2, -0.15) is 0 Å². The largest absolute Gasteiger partial charge is 0.444 e. The van der Waals surface area contributed by atoms with E-state index >= 15 is 0 Å². The summed E-state index contributed by atoms with van der Waals surface area (Å²) in [4.78, 5) is 37.3. The van der Waals surface area contributed by atoms with E-state index in [4.69, 9.17) is 9.47 Å². The average Bonchev–Trinajstić information content (AvgIpc) is 2.72. The standard InChI is InChI=1S/C27H54N4O5/c1-11-15-21(19(13-3)17-28-24(33)35-26(5,6)7)30-23(32)31-22(16-12-2)20(14-4)18-29-25(34)36-27(8,9)10/h19-22H,11-18H2,1-10H3,(H,28,33)(H,29,34)(H2,30,31,32). The van der Waals surface area contributed by atoms with Gasteiger partial charge < -0.3 is 30.7 Å². The predicted octanol–water partition coefficient (Wildman–Crippen LogP) is 5.72. The van der Waals surface area contributed by atoms with E-state index in [0.29, 0.717) is 13.1 Å². The van der Waals surface area contributed by atoms with Gasteiger partial charge in [0, 0.05) is 25.2 Å². The Balaban J connectivity index is 5.14. The summed E-state index contributed by atoms with van der Waals surface area (Å²) in [6.07, 6.45) is 4.12. The molecule has 0 saturated carbocycles. The molecule has 4 unspecified atom stereocenters. The number of nitrogens with one attached hydrogen (secondary N) is 4. The second kappa shape index (κ2) is 16.5. The Morgan fingerprint density at radius 2 is 0.972 bits per heavy atom. The van der Waals surface area contributed by atoms with E-state index in [1.165, 1.54) is 0 Å². The highest BCUT2D eigenvalue weighted by molar-refractivity contribution is 5.74. The zero-order valence-corrected chi connectivity index (χ0v) is 24.5. The second-order valence-corrected chi connectivity index (χ2v) is 11.5. The summed E-state index contributed by atoms with van der Waals surface area (Å²) in [7, 11) is 0. The summed E-state index contributed by atoms with van der Waals surface area (Å²) in [6, 6.07) is -0.396. The van der Waals surface area contributed by atoms with Crippen molar-refractivity contribution in [3.8, 4) is 0 Å². The van der Waals surface area contributed by atoms with E-state index in [-0.39, 0.29) is 30.0 Å². The van der Waals surface area contributed by atoms with Crippen molar-refractivity contribution in [3.05, 3.63) is 0 Å². The molecule has 36 heavy (non-hydrogen) atoms. The van der Waals surface area contributed by atoms with Gasteiger partial charge in [0.1, 0.15) is 11.2 Å². The normalized spacial score (nSPS) is 15.2. The lowest BCUT2D eigenvalue weighted by molar-refractivity contribution is 0.0504. The van der Waals surface area contributed by atoms with E-state index in [9.17, 15) is 14.4 Å². The van der Waals surface area contributed by atoms with Gasteiger partial charge in [0.05, 0.1) is 0 Å². The molecular formula is C27H54N4O5. The molecule has 0 aliphatic carbocycles. The van der Waals surface area contributed by atoms with Crippen LogP contribution in [0, 0.1) is 11.8 Å². The molecule has 0 aromatic carbocycles. The molecule has 9 nitrogen and oxygen atoms in total. The van der Waals surface area contributed by atoms with E-state index in [0.717, 1.165) is 38.5 Å². The summed E-state index contributed by atoms with van der Waals surface area (Å²) >= 11 is 0. The van der Waals surface area contributed by atoms with E-state index in [2.05, 4.69) is 49.0 Å². The Hall–Kier alpha value is -2.19. The lowest BCUT2D eigenvalue weighted by atomic mass is 9.92. The Morgan fingerprint density at radius 3 is 1.22 bits per heavy atom. The first-order chi connectivity index (χ1) is 16.6. The molecule has 4 atom stereocenters. The van der Waals surface area contributed by atoms with Gasteiger partial charge in [0.15, 0.2) is 0 Å². The summed E-state index contributed by atoms with van der Waals surface area (Å²) in [5.41, 5.74) is -1.12. The maximum atomic E-state index is 13.1. The predicted molar refractivity (Wildman–Crippen MR) is 145 cm³/mol. The third-order valence-electron chi connectivity index (χ3n) is 5.83. The molecule has 0 aromatic heterocycles. The maximum Gasteiger partial charge on any atom is 0.407 e. The average molecular weight is 515 g/mol. The van der Waals surface area contributed by atoms with Gasteiger partial charge in [0.2, 0.25) is 0 Å². The minimum Gasteiger partial charge on any atom is -0.444 e. The monoisotopic (exact) mass is 514 g/mol. The zero-order chi connectivity index (χ0) is 27.9. The van der Waals surface area contributed by atoms with Crippen LogP contribution in [0.5, 0.6) is 0 Å². The van der Waals surface area contributed by atoms with Crippen molar-refractivity contribution in [1.29, 1.82) is 0 Å². The number of rotatable bonds is 14. The molecule has 212 valence electrons. The number of carbonyl (C=O) groups is 3. The number of hydrogen-bond donors (Lipinski definition) is 4. The van der Waals surface area contributed by atoms with Crippen molar-refractivity contribution < 1.29 is 23.9 Å². The second-order valence-electron chi connectivity index (χ2n) is 11.5. The molecule has 4 N–H and O–H groups in total. The van der Waals surface area contributed by atoms with Gasteiger partial charge in [-0.15, -0.1) is 0 Å². The Labute approximate surface area is 219 Å². The lowest BCUT2D eigenvalue weighted by Gasteiger charge is -2.31. The molecule has 0 rings (SSSR count). The van der Waals surface area contributed by atoms with Gasteiger partial charge in [0.25, 0.3) is 0 Å². The number of carbonyl (C=O) groups excluding carboxylic acids is 3. The number of hydrogen-bond acceptors (Lipinski definition) is 5. The zero-order valence-electron chi connectivity index (χ0n) is 24.5. The van der Waals surface area contributed by atoms with Crippen LogP contribution in [0.3, 0.4) is 0 Å². The SMILES string of the molecule is CCCC(NC(=O)NC(CCC)C(CC)CNC(=O)OC(C)(C)C)C(CC)CNC(=O)OC(C)(C)C. The minimum absolute atomic E-state index is 0.0728. The first-order valence-corrected chi connectivity index (χ1v) is 13.7. The molecule has 0 saturated heterocycles. The van der Waals surface area contributed by atoms with Crippen LogP contribution >= 0.6 is 0 Å². The van der Waals surface area contributed by atoms with Gasteiger partial charge in [-0.25, -0.2) is 14.4 Å². The molecule has 0 spiro atoms. The van der Waals surface area contributed by atoms with Crippen LogP contribution in [0.2, 0.25) is 0 Å². The minimum atomic E-state index is -0.560. The quantitative estimate of drug-likeness (QED) is 0.236.